The van der Waals surface area contributed by atoms with Gasteiger partial charge in [0, 0.05) is 31.0 Å². The van der Waals surface area contributed by atoms with E-state index in [1.807, 2.05) is 36.1 Å². The summed E-state index contributed by atoms with van der Waals surface area (Å²) in [6.07, 6.45) is 3.79. The van der Waals surface area contributed by atoms with Gasteiger partial charge in [-0.2, -0.15) is 5.10 Å². The fourth-order valence-electron chi connectivity index (χ4n) is 3.73. The molecule has 0 saturated carbocycles. The zero-order chi connectivity index (χ0) is 18.1. The first-order valence-electron chi connectivity index (χ1n) is 9.02. The SMILES string of the molecule is CCc1c(C(=O)N2CCC3(CC2)OCCO3)cnn1-c1cccc(Cl)c1. The van der Waals surface area contributed by atoms with Gasteiger partial charge in [-0.05, 0) is 24.6 Å². The van der Waals surface area contributed by atoms with Gasteiger partial charge in [0.2, 0.25) is 0 Å². The van der Waals surface area contributed by atoms with E-state index in [-0.39, 0.29) is 5.91 Å². The van der Waals surface area contributed by atoms with Crippen LogP contribution >= 0.6 is 11.6 Å². The summed E-state index contributed by atoms with van der Waals surface area (Å²) in [5.41, 5.74) is 2.40. The predicted molar refractivity (Wildman–Crippen MR) is 97.7 cm³/mol. The molecule has 2 aliphatic heterocycles. The van der Waals surface area contributed by atoms with Gasteiger partial charge in [-0.1, -0.05) is 24.6 Å². The maximum Gasteiger partial charge on any atom is 0.257 e. The number of carbonyl (C=O) groups is 1. The van der Waals surface area contributed by atoms with Crippen LogP contribution in [0.4, 0.5) is 0 Å². The fourth-order valence-corrected chi connectivity index (χ4v) is 3.91. The lowest BCUT2D eigenvalue weighted by molar-refractivity contribution is -0.181. The lowest BCUT2D eigenvalue weighted by Crippen LogP contribution is -2.47. The van der Waals surface area contributed by atoms with E-state index in [4.69, 9.17) is 21.1 Å². The number of hydrogen-bond acceptors (Lipinski definition) is 4. The molecule has 2 aromatic rings. The lowest BCUT2D eigenvalue weighted by atomic mass is 10.0. The van der Waals surface area contributed by atoms with E-state index in [0.29, 0.717) is 56.2 Å². The smallest absolute Gasteiger partial charge is 0.257 e. The summed E-state index contributed by atoms with van der Waals surface area (Å²) < 4.78 is 13.3. The Bertz CT molecular complexity index is 804. The van der Waals surface area contributed by atoms with Crippen LogP contribution in [0.5, 0.6) is 0 Å². The van der Waals surface area contributed by atoms with E-state index < -0.39 is 5.79 Å². The molecule has 4 rings (SSSR count). The van der Waals surface area contributed by atoms with Gasteiger partial charge >= 0.3 is 0 Å². The highest BCUT2D eigenvalue weighted by Crippen LogP contribution is 2.32. The third-order valence-electron chi connectivity index (χ3n) is 5.11. The van der Waals surface area contributed by atoms with E-state index in [1.54, 1.807) is 10.9 Å². The van der Waals surface area contributed by atoms with Crippen molar-refractivity contribution in [2.75, 3.05) is 26.3 Å². The van der Waals surface area contributed by atoms with Gasteiger partial charge in [0.05, 0.1) is 36.4 Å². The van der Waals surface area contributed by atoms with Crippen LogP contribution in [-0.2, 0) is 15.9 Å². The highest BCUT2D eigenvalue weighted by atomic mass is 35.5. The standard InChI is InChI=1S/C19H22ClN3O3/c1-2-17-16(13-21-23(17)15-5-3-4-14(20)12-15)18(24)22-8-6-19(7-9-22)25-10-11-26-19/h3-5,12-13H,2,6-11H2,1H3. The second-order valence-corrected chi connectivity index (χ2v) is 7.09. The summed E-state index contributed by atoms with van der Waals surface area (Å²) in [7, 11) is 0. The Labute approximate surface area is 157 Å². The predicted octanol–water partition coefficient (Wildman–Crippen LogP) is 3.07. The quantitative estimate of drug-likeness (QED) is 0.827. The van der Waals surface area contributed by atoms with Crippen molar-refractivity contribution < 1.29 is 14.3 Å². The molecule has 0 bridgehead atoms. The fraction of sp³-hybridized carbons (Fsp3) is 0.474. The first kappa shape index (κ1) is 17.5. The Morgan fingerprint density at radius 3 is 2.65 bits per heavy atom. The Hall–Kier alpha value is -1.89. The zero-order valence-electron chi connectivity index (χ0n) is 14.8. The normalized spacial score (nSPS) is 19.2. The number of piperidine rings is 1. The van der Waals surface area contributed by atoms with Crippen molar-refractivity contribution in [3.63, 3.8) is 0 Å². The second kappa shape index (κ2) is 7.02. The van der Waals surface area contributed by atoms with Crippen LogP contribution in [0.2, 0.25) is 5.02 Å². The average Bonchev–Trinajstić information content (AvgIpc) is 3.29. The highest BCUT2D eigenvalue weighted by Gasteiger charge is 2.41. The molecule has 6 nitrogen and oxygen atoms in total. The molecular formula is C19H22ClN3O3. The first-order chi connectivity index (χ1) is 12.6. The van der Waals surface area contributed by atoms with Crippen molar-refractivity contribution in [1.29, 1.82) is 0 Å². The molecule has 2 aliphatic rings. The molecule has 0 aliphatic carbocycles. The van der Waals surface area contributed by atoms with Gasteiger partial charge in [-0.15, -0.1) is 0 Å². The van der Waals surface area contributed by atoms with E-state index in [0.717, 1.165) is 11.4 Å². The first-order valence-corrected chi connectivity index (χ1v) is 9.40. The molecule has 0 atom stereocenters. The van der Waals surface area contributed by atoms with Gasteiger partial charge in [0.15, 0.2) is 5.79 Å². The van der Waals surface area contributed by atoms with Gasteiger partial charge in [0.25, 0.3) is 5.91 Å². The molecule has 3 heterocycles. The largest absolute Gasteiger partial charge is 0.347 e. The number of benzene rings is 1. The number of hydrogen-bond donors (Lipinski definition) is 0. The number of carbonyl (C=O) groups excluding carboxylic acids is 1. The summed E-state index contributed by atoms with van der Waals surface area (Å²) in [5.74, 6) is -0.460. The molecule has 0 unspecified atom stereocenters. The molecular weight excluding hydrogens is 354 g/mol. The molecule has 1 amide bonds. The molecule has 0 N–H and O–H groups in total. The van der Waals surface area contributed by atoms with Crippen molar-refractivity contribution in [2.45, 2.75) is 32.0 Å². The third kappa shape index (κ3) is 3.13. The van der Waals surface area contributed by atoms with Crippen LogP contribution in [0.25, 0.3) is 5.69 Å². The number of halogens is 1. The Kier molecular flexibility index (Phi) is 4.73. The molecule has 138 valence electrons. The number of rotatable bonds is 3. The van der Waals surface area contributed by atoms with Crippen LogP contribution in [0.1, 0.15) is 35.8 Å². The molecule has 1 aromatic carbocycles. The van der Waals surface area contributed by atoms with Crippen molar-refractivity contribution >= 4 is 17.5 Å². The van der Waals surface area contributed by atoms with E-state index in [1.165, 1.54) is 0 Å². The Morgan fingerprint density at radius 1 is 1.27 bits per heavy atom. The van der Waals surface area contributed by atoms with Crippen LogP contribution in [0.3, 0.4) is 0 Å². The topological polar surface area (TPSA) is 56.6 Å². The number of likely N-dealkylation sites (tertiary alicyclic amines) is 1. The molecule has 1 spiro atoms. The van der Waals surface area contributed by atoms with Crippen molar-refractivity contribution in [3.05, 3.63) is 46.7 Å². The average molecular weight is 376 g/mol. The van der Waals surface area contributed by atoms with Crippen molar-refractivity contribution in [1.82, 2.24) is 14.7 Å². The molecule has 2 saturated heterocycles. The molecule has 26 heavy (non-hydrogen) atoms. The number of amides is 1. The van der Waals surface area contributed by atoms with Crippen LogP contribution in [-0.4, -0.2) is 52.7 Å². The lowest BCUT2D eigenvalue weighted by Gasteiger charge is -2.37. The maximum absolute atomic E-state index is 13.1. The van der Waals surface area contributed by atoms with Crippen LogP contribution in [0.15, 0.2) is 30.5 Å². The van der Waals surface area contributed by atoms with Gasteiger partial charge in [-0.25, -0.2) is 4.68 Å². The van der Waals surface area contributed by atoms with Gasteiger partial charge in [-0.3, -0.25) is 4.79 Å². The molecule has 0 radical (unpaired) electrons. The van der Waals surface area contributed by atoms with Crippen LogP contribution < -0.4 is 0 Å². The number of aromatic nitrogens is 2. The molecule has 2 fully saturated rings. The summed E-state index contributed by atoms with van der Waals surface area (Å²) in [5, 5.41) is 5.09. The summed E-state index contributed by atoms with van der Waals surface area (Å²) in [6, 6.07) is 7.49. The monoisotopic (exact) mass is 375 g/mol. The van der Waals surface area contributed by atoms with Crippen molar-refractivity contribution in [3.8, 4) is 5.69 Å². The van der Waals surface area contributed by atoms with Gasteiger partial charge < -0.3 is 14.4 Å². The maximum atomic E-state index is 13.1. The Balaban J connectivity index is 1.55. The Morgan fingerprint density at radius 2 is 2.00 bits per heavy atom. The van der Waals surface area contributed by atoms with E-state index in [2.05, 4.69) is 5.10 Å². The van der Waals surface area contributed by atoms with E-state index in [9.17, 15) is 4.79 Å². The molecule has 7 heteroatoms. The second-order valence-electron chi connectivity index (χ2n) is 6.65. The van der Waals surface area contributed by atoms with Gasteiger partial charge in [0.1, 0.15) is 0 Å². The molecule has 1 aromatic heterocycles. The summed E-state index contributed by atoms with van der Waals surface area (Å²) >= 11 is 6.10. The summed E-state index contributed by atoms with van der Waals surface area (Å²) in [4.78, 5) is 14.9. The number of ether oxygens (including phenoxy) is 2. The summed E-state index contributed by atoms with van der Waals surface area (Å²) in [6.45, 7) is 4.57. The van der Waals surface area contributed by atoms with Crippen LogP contribution in [0, 0.1) is 0 Å². The number of nitrogens with zero attached hydrogens (tertiary/aromatic N) is 3. The zero-order valence-corrected chi connectivity index (χ0v) is 15.5. The van der Waals surface area contributed by atoms with Crippen molar-refractivity contribution in [2.24, 2.45) is 0 Å². The minimum Gasteiger partial charge on any atom is -0.347 e. The minimum absolute atomic E-state index is 0.0166. The third-order valence-corrected chi connectivity index (χ3v) is 5.35. The highest BCUT2D eigenvalue weighted by molar-refractivity contribution is 6.30. The van der Waals surface area contributed by atoms with E-state index >= 15 is 0 Å². The minimum atomic E-state index is -0.477.